The Morgan fingerprint density at radius 3 is 1.40 bits per heavy atom. The molecule has 0 aromatic heterocycles. The average Bonchev–Trinajstić information content (AvgIpc) is 2.68. The van der Waals surface area contributed by atoms with Crippen LogP contribution in [-0.4, -0.2) is 55.4 Å². The number of hydrogen-bond donors (Lipinski definition) is 1. The van der Waals surface area contributed by atoms with Crippen molar-refractivity contribution in [3.8, 4) is 5.75 Å². The topological polar surface area (TPSA) is 125 Å². The van der Waals surface area contributed by atoms with E-state index in [1.807, 2.05) is 0 Å². The molecule has 1 rings (SSSR count). The fraction of sp³-hybridized carbons (Fsp3) is 0.524. The van der Waals surface area contributed by atoms with E-state index in [1.54, 1.807) is 27.7 Å². The van der Waals surface area contributed by atoms with Gasteiger partial charge in [-0.05, 0) is 45.4 Å². The van der Waals surface area contributed by atoms with Crippen molar-refractivity contribution < 1.29 is 43.2 Å². The Morgan fingerprint density at radius 2 is 1.10 bits per heavy atom. The van der Waals surface area contributed by atoms with Gasteiger partial charge in [0.2, 0.25) is 0 Å². The molecule has 0 radical (unpaired) electrons. The van der Waals surface area contributed by atoms with E-state index in [0.29, 0.717) is 0 Å². The van der Waals surface area contributed by atoms with E-state index in [1.165, 1.54) is 24.3 Å². The Hall–Kier alpha value is -3.10. The fourth-order valence-electron chi connectivity index (χ4n) is 3.02. The second-order valence-corrected chi connectivity index (χ2v) is 6.08. The van der Waals surface area contributed by atoms with Crippen molar-refractivity contribution in [3.63, 3.8) is 0 Å². The molecule has 0 bridgehead atoms. The summed E-state index contributed by atoms with van der Waals surface area (Å²) in [6, 6.07) is 5.55. The van der Waals surface area contributed by atoms with Crippen molar-refractivity contribution in [2.75, 3.05) is 26.4 Å². The zero-order chi connectivity index (χ0) is 22.7. The van der Waals surface area contributed by atoms with Crippen molar-refractivity contribution in [2.45, 2.75) is 33.6 Å². The Labute approximate surface area is 175 Å². The Kier molecular flexibility index (Phi) is 10.4. The number of rotatable bonds is 11. The number of ether oxygens (including phenoxy) is 4. The van der Waals surface area contributed by atoms with Crippen LogP contribution in [0.5, 0.6) is 5.75 Å². The van der Waals surface area contributed by atoms with Gasteiger partial charge in [0.25, 0.3) is 0 Å². The van der Waals surface area contributed by atoms with Crippen molar-refractivity contribution >= 4 is 23.9 Å². The standard InChI is InChI=1S/C21H28O9/c1-5-27-18(23)16(19(24)28-6-2)15(13-10-9-11-14(22)12-13)17(20(25)29-7-3)21(26)30-8-4/h9-12,15-17,22H,5-8H2,1-4H3. The van der Waals surface area contributed by atoms with Gasteiger partial charge < -0.3 is 24.1 Å². The number of phenolic OH excluding ortho intramolecular Hbond substituents is 1. The molecule has 0 amide bonds. The molecular weight excluding hydrogens is 396 g/mol. The third kappa shape index (κ3) is 6.47. The minimum Gasteiger partial charge on any atom is -0.508 e. The summed E-state index contributed by atoms with van der Waals surface area (Å²) in [6.45, 7) is 6.07. The highest BCUT2D eigenvalue weighted by Gasteiger charge is 2.49. The molecule has 0 spiro atoms. The van der Waals surface area contributed by atoms with Crippen LogP contribution in [0.4, 0.5) is 0 Å². The predicted molar refractivity (Wildman–Crippen MR) is 104 cm³/mol. The van der Waals surface area contributed by atoms with Gasteiger partial charge in [-0.25, -0.2) is 0 Å². The maximum atomic E-state index is 12.7. The zero-order valence-corrected chi connectivity index (χ0v) is 17.6. The molecule has 0 saturated carbocycles. The van der Waals surface area contributed by atoms with Crippen LogP contribution in [0.25, 0.3) is 0 Å². The first-order valence-electron chi connectivity index (χ1n) is 9.77. The first kappa shape index (κ1) is 24.9. The quantitative estimate of drug-likeness (QED) is 0.322. The zero-order valence-electron chi connectivity index (χ0n) is 17.6. The summed E-state index contributed by atoms with van der Waals surface area (Å²) in [5.74, 6) is -8.77. The predicted octanol–water partition coefficient (Wildman–Crippen LogP) is 1.96. The Bertz CT molecular complexity index is 668. The van der Waals surface area contributed by atoms with Crippen LogP contribution in [0.3, 0.4) is 0 Å². The fourth-order valence-corrected chi connectivity index (χ4v) is 3.02. The summed E-state index contributed by atoms with van der Waals surface area (Å²) in [5, 5.41) is 9.93. The van der Waals surface area contributed by atoms with Gasteiger partial charge in [0.15, 0.2) is 11.8 Å². The lowest BCUT2D eigenvalue weighted by atomic mass is 9.76. The van der Waals surface area contributed by atoms with E-state index < -0.39 is 41.6 Å². The molecule has 0 aliphatic rings. The highest BCUT2D eigenvalue weighted by Crippen LogP contribution is 2.37. The van der Waals surface area contributed by atoms with Crippen LogP contribution in [0.1, 0.15) is 39.2 Å². The van der Waals surface area contributed by atoms with Crippen molar-refractivity contribution in [2.24, 2.45) is 11.8 Å². The van der Waals surface area contributed by atoms with E-state index >= 15 is 0 Å². The molecule has 9 heteroatoms. The molecule has 1 N–H and O–H groups in total. The van der Waals surface area contributed by atoms with E-state index in [2.05, 4.69) is 0 Å². The lowest BCUT2D eigenvalue weighted by Crippen LogP contribution is -2.43. The summed E-state index contributed by atoms with van der Waals surface area (Å²) < 4.78 is 20.1. The number of phenols is 1. The second kappa shape index (κ2) is 12.5. The van der Waals surface area contributed by atoms with E-state index in [-0.39, 0.29) is 37.7 Å². The molecule has 30 heavy (non-hydrogen) atoms. The van der Waals surface area contributed by atoms with Gasteiger partial charge in [-0.2, -0.15) is 0 Å². The first-order valence-corrected chi connectivity index (χ1v) is 9.77. The maximum Gasteiger partial charge on any atom is 0.320 e. The summed E-state index contributed by atoms with van der Waals surface area (Å²) in [7, 11) is 0. The number of esters is 4. The molecule has 0 unspecified atom stereocenters. The third-order valence-corrected chi connectivity index (χ3v) is 4.14. The summed E-state index contributed by atoms with van der Waals surface area (Å²) in [5.41, 5.74) is 0.173. The lowest BCUT2D eigenvalue weighted by molar-refractivity contribution is -0.169. The molecule has 0 fully saturated rings. The van der Waals surface area contributed by atoms with Crippen LogP contribution < -0.4 is 0 Å². The second-order valence-electron chi connectivity index (χ2n) is 6.08. The molecule has 0 aliphatic carbocycles. The Morgan fingerprint density at radius 1 is 0.733 bits per heavy atom. The molecular formula is C21H28O9. The van der Waals surface area contributed by atoms with Crippen LogP contribution in [0.15, 0.2) is 24.3 Å². The Balaban J connectivity index is 3.70. The lowest BCUT2D eigenvalue weighted by Gasteiger charge is -2.29. The number of benzene rings is 1. The monoisotopic (exact) mass is 424 g/mol. The molecule has 1 aromatic rings. The highest BCUT2D eigenvalue weighted by molar-refractivity contribution is 6.01. The van der Waals surface area contributed by atoms with Gasteiger partial charge in [0.1, 0.15) is 5.75 Å². The number of aromatic hydroxyl groups is 1. The van der Waals surface area contributed by atoms with Gasteiger partial charge in [-0.3, -0.25) is 19.2 Å². The van der Waals surface area contributed by atoms with Crippen molar-refractivity contribution in [1.82, 2.24) is 0 Å². The molecule has 0 atom stereocenters. The number of hydrogen-bond acceptors (Lipinski definition) is 9. The maximum absolute atomic E-state index is 12.7. The van der Waals surface area contributed by atoms with Crippen LogP contribution >= 0.6 is 0 Å². The summed E-state index contributed by atoms with van der Waals surface area (Å²) >= 11 is 0. The van der Waals surface area contributed by atoms with Crippen LogP contribution in [0, 0.1) is 11.8 Å². The van der Waals surface area contributed by atoms with Gasteiger partial charge in [-0.15, -0.1) is 0 Å². The van der Waals surface area contributed by atoms with Gasteiger partial charge in [-0.1, -0.05) is 12.1 Å². The number of carbonyl (C=O) groups excluding carboxylic acids is 4. The normalized spacial score (nSPS) is 10.8. The molecule has 9 nitrogen and oxygen atoms in total. The van der Waals surface area contributed by atoms with Crippen LogP contribution in [0.2, 0.25) is 0 Å². The van der Waals surface area contributed by atoms with Crippen LogP contribution in [-0.2, 0) is 38.1 Å². The van der Waals surface area contributed by atoms with E-state index in [4.69, 9.17) is 18.9 Å². The smallest absolute Gasteiger partial charge is 0.320 e. The van der Waals surface area contributed by atoms with Crippen molar-refractivity contribution in [3.05, 3.63) is 29.8 Å². The summed E-state index contributed by atoms with van der Waals surface area (Å²) in [6.07, 6.45) is 0. The number of carbonyl (C=O) groups is 4. The van der Waals surface area contributed by atoms with Gasteiger partial charge in [0.05, 0.1) is 26.4 Å². The van der Waals surface area contributed by atoms with Crippen molar-refractivity contribution in [1.29, 1.82) is 0 Å². The first-order chi connectivity index (χ1) is 14.3. The summed E-state index contributed by atoms with van der Waals surface area (Å²) in [4.78, 5) is 50.9. The largest absolute Gasteiger partial charge is 0.508 e. The SMILES string of the molecule is CCOC(=O)C(C(=O)OCC)C(c1cccc(O)c1)C(C(=O)OCC)C(=O)OCC. The molecule has 0 saturated heterocycles. The average molecular weight is 424 g/mol. The third-order valence-electron chi connectivity index (χ3n) is 4.14. The van der Waals surface area contributed by atoms with E-state index in [9.17, 15) is 24.3 Å². The highest BCUT2D eigenvalue weighted by atomic mass is 16.6. The molecule has 0 heterocycles. The minimum atomic E-state index is -1.66. The molecule has 166 valence electrons. The van der Waals surface area contributed by atoms with Gasteiger partial charge in [0, 0.05) is 5.92 Å². The van der Waals surface area contributed by atoms with E-state index in [0.717, 1.165) is 0 Å². The molecule has 1 aromatic carbocycles. The minimum absolute atomic E-state index is 0.0367. The van der Waals surface area contributed by atoms with Gasteiger partial charge >= 0.3 is 23.9 Å². The molecule has 0 aliphatic heterocycles.